The largest absolute Gasteiger partial charge is 0.369 e. The van der Waals surface area contributed by atoms with Crippen LogP contribution in [0.5, 0.6) is 0 Å². The highest BCUT2D eigenvalue weighted by Gasteiger charge is 2.15. The fraction of sp³-hybridized carbons (Fsp3) is 0.179. The molecule has 31 heavy (non-hydrogen) atoms. The summed E-state index contributed by atoms with van der Waals surface area (Å²) in [5, 5.41) is 5.82. The summed E-state index contributed by atoms with van der Waals surface area (Å²) < 4.78 is 0. The van der Waals surface area contributed by atoms with E-state index in [9.17, 15) is 0 Å². The minimum atomic E-state index is 0.409. The first kappa shape index (κ1) is 19.4. The SMILES string of the molecule is CC(Cc1ccccc1)c1cccc(NC(N)=Nc2ccc3c4c(cccc24)CC3)c1. The third kappa shape index (κ3) is 4.04. The minimum absolute atomic E-state index is 0.409. The zero-order chi connectivity index (χ0) is 21.2. The molecule has 3 nitrogen and oxygen atoms in total. The Morgan fingerprint density at radius 3 is 2.52 bits per heavy atom. The van der Waals surface area contributed by atoms with E-state index in [1.165, 1.54) is 33.0 Å². The first-order chi connectivity index (χ1) is 15.2. The maximum Gasteiger partial charge on any atom is 0.198 e. The van der Waals surface area contributed by atoms with Gasteiger partial charge in [0.1, 0.15) is 0 Å². The highest BCUT2D eigenvalue weighted by Crippen LogP contribution is 2.36. The summed E-state index contributed by atoms with van der Waals surface area (Å²) in [5.74, 6) is 0.824. The summed E-state index contributed by atoms with van der Waals surface area (Å²) in [7, 11) is 0. The Labute approximate surface area is 183 Å². The van der Waals surface area contributed by atoms with E-state index in [0.29, 0.717) is 11.9 Å². The van der Waals surface area contributed by atoms with E-state index in [2.05, 4.69) is 91.1 Å². The Balaban J connectivity index is 1.37. The van der Waals surface area contributed by atoms with Crippen molar-refractivity contribution >= 4 is 28.1 Å². The Morgan fingerprint density at radius 1 is 0.903 bits per heavy atom. The van der Waals surface area contributed by atoms with Crippen LogP contribution in [-0.2, 0) is 19.3 Å². The average molecular weight is 406 g/mol. The van der Waals surface area contributed by atoms with Gasteiger partial charge in [-0.15, -0.1) is 0 Å². The number of benzene rings is 4. The topological polar surface area (TPSA) is 50.4 Å². The molecule has 0 fully saturated rings. The van der Waals surface area contributed by atoms with Gasteiger partial charge in [-0.05, 0) is 71.0 Å². The monoisotopic (exact) mass is 405 g/mol. The van der Waals surface area contributed by atoms with E-state index < -0.39 is 0 Å². The van der Waals surface area contributed by atoms with Gasteiger partial charge in [0, 0.05) is 11.1 Å². The first-order valence-corrected chi connectivity index (χ1v) is 11.0. The molecule has 3 N–H and O–H groups in total. The third-order valence-electron chi connectivity index (χ3n) is 6.21. The predicted molar refractivity (Wildman–Crippen MR) is 131 cm³/mol. The molecular weight excluding hydrogens is 378 g/mol. The summed E-state index contributed by atoms with van der Waals surface area (Å²) in [6.07, 6.45) is 3.23. The van der Waals surface area contributed by atoms with Gasteiger partial charge in [0.2, 0.25) is 0 Å². The molecule has 0 amide bonds. The van der Waals surface area contributed by atoms with E-state index in [0.717, 1.165) is 30.6 Å². The minimum Gasteiger partial charge on any atom is -0.369 e. The van der Waals surface area contributed by atoms with E-state index in [1.54, 1.807) is 0 Å². The highest BCUT2D eigenvalue weighted by atomic mass is 15.1. The van der Waals surface area contributed by atoms with Crippen molar-refractivity contribution < 1.29 is 0 Å². The van der Waals surface area contributed by atoms with Crippen LogP contribution in [0.15, 0.2) is 89.9 Å². The molecule has 0 heterocycles. The van der Waals surface area contributed by atoms with Crippen molar-refractivity contribution in [3.63, 3.8) is 0 Å². The quantitative estimate of drug-likeness (QED) is 0.300. The maximum absolute atomic E-state index is 6.31. The number of nitrogens with one attached hydrogen (secondary N) is 1. The lowest BCUT2D eigenvalue weighted by atomic mass is 9.93. The van der Waals surface area contributed by atoms with Gasteiger partial charge in [-0.3, -0.25) is 0 Å². The van der Waals surface area contributed by atoms with Crippen LogP contribution < -0.4 is 11.1 Å². The van der Waals surface area contributed by atoms with Crippen molar-refractivity contribution in [2.45, 2.75) is 32.1 Å². The van der Waals surface area contributed by atoms with Crippen molar-refractivity contribution in [2.24, 2.45) is 10.7 Å². The zero-order valence-electron chi connectivity index (χ0n) is 17.8. The second-order valence-corrected chi connectivity index (χ2v) is 8.42. The lowest BCUT2D eigenvalue weighted by Gasteiger charge is -2.14. The second-order valence-electron chi connectivity index (χ2n) is 8.42. The van der Waals surface area contributed by atoms with Crippen LogP contribution in [0.3, 0.4) is 0 Å². The zero-order valence-corrected chi connectivity index (χ0v) is 17.8. The number of rotatable bonds is 5. The first-order valence-electron chi connectivity index (χ1n) is 11.0. The van der Waals surface area contributed by atoms with Crippen LogP contribution in [0.2, 0.25) is 0 Å². The molecule has 0 saturated heterocycles. The van der Waals surface area contributed by atoms with Crippen LogP contribution in [-0.4, -0.2) is 5.96 Å². The molecule has 0 aliphatic heterocycles. The Morgan fingerprint density at radius 2 is 1.68 bits per heavy atom. The molecule has 0 saturated carbocycles. The number of aryl methyl sites for hydroxylation is 2. The Bertz CT molecular complexity index is 1250. The summed E-state index contributed by atoms with van der Waals surface area (Å²) >= 11 is 0. The molecule has 1 aliphatic carbocycles. The van der Waals surface area contributed by atoms with Gasteiger partial charge in [-0.1, -0.05) is 73.7 Å². The van der Waals surface area contributed by atoms with Crippen molar-refractivity contribution in [3.8, 4) is 0 Å². The predicted octanol–water partition coefficient (Wildman–Crippen LogP) is 6.34. The standard InChI is InChI=1S/C28H27N3/c1-19(17-20-7-3-2-4-8-20)23-10-5-11-24(18-23)30-28(29)31-26-16-15-22-14-13-21-9-6-12-25(26)27(21)22/h2-12,15-16,18-19H,13-14,17H2,1H3,(H3,29,30,31). The molecule has 4 aromatic carbocycles. The van der Waals surface area contributed by atoms with Gasteiger partial charge in [0.05, 0.1) is 5.69 Å². The Hall–Kier alpha value is -3.59. The number of nitrogens with two attached hydrogens (primary N) is 1. The number of anilines is 1. The molecule has 0 aromatic heterocycles. The molecule has 4 aromatic rings. The number of hydrogen-bond donors (Lipinski definition) is 2. The number of guanidine groups is 1. The lowest BCUT2D eigenvalue weighted by Crippen LogP contribution is -2.22. The van der Waals surface area contributed by atoms with Gasteiger partial charge in [0.25, 0.3) is 0 Å². The molecule has 1 atom stereocenters. The van der Waals surface area contributed by atoms with E-state index in [4.69, 9.17) is 10.7 Å². The van der Waals surface area contributed by atoms with Crippen molar-refractivity contribution in [1.29, 1.82) is 0 Å². The van der Waals surface area contributed by atoms with E-state index >= 15 is 0 Å². The summed E-state index contributed by atoms with van der Waals surface area (Å²) in [6, 6.07) is 29.8. The van der Waals surface area contributed by atoms with E-state index in [1.807, 2.05) is 6.07 Å². The number of aliphatic imine (C=N–C) groups is 1. The molecule has 5 rings (SSSR count). The summed E-state index contributed by atoms with van der Waals surface area (Å²) in [5.41, 5.74) is 13.6. The smallest absolute Gasteiger partial charge is 0.198 e. The van der Waals surface area contributed by atoms with Crippen LogP contribution in [0.4, 0.5) is 11.4 Å². The van der Waals surface area contributed by atoms with Crippen molar-refractivity contribution in [1.82, 2.24) is 0 Å². The highest BCUT2D eigenvalue weighted by molar-refractivity contribution is 6.02. The average Bonchev–Trinajstić information content (AvgIpc) is 3.21. The fourth-order valence-electron chi connectivity index (χ4n) is 4.64. The molecule has 1 unspecified atom stereocenters. The molecule has 1 aliphatic rings. The molecule has 0 bridgehead atoms. The van der Waals surface area contributed by atoms with Gasteiger partial charge in [-0.2, -0.15) is 0 Å². The number of hydrogen-bond acceptors (Lipinski definition) is 1. The van der Waals surface area contributed by atoms with Gasteiger partial charge in [0.15, 0.2) is 5.96 Å². The third-order valence-corrected chi connectivity index (χ3v) is 6.21. The van der Waals surface area contributed by atoms with Crippen LogP contribution in [0.1, 0.15) is 35.1 Å². The molecular formula is C28H27N3. The molecule has 0 radical (unpaired) electrons. The molecule has 0 spiro atoms. The maximum atomic E-state index is 6.31. The Kier molecular flexibility index (Phi) is 5.17. The number of nitrogens with zero attached hydrogens (tertiary/aromatic N) is 1. The summed E-state index contributed by atoms with van der Waals surface area (Å²) in [6.45, 7) is 2.26. The van der Waals surface area contributed by atoms with Gasteiger partial charge < -0.3 is 11.1 Å². The lowest BCUT2D eigenvalue weighted by molar-refractivity contribution is 0.759. The molecule has 154 valence electrons. The van der Waals surface area contributed by atoms with Crippen molar-refractivity contribution in [2.75, 3.05) is 5.32 Å². The fourth-order valence-corrected chi connectivity index (χ4v) is 4.64. The normalized spacial score (nSPS) is 14.0. The van der Waals surface area contributed by atoms with Gasteiger partial charge in [-0.25, -0.2) is 4.99 Å². The molecule has 3 heteroatoms. The van der Waals surface area contributed by atoms with Crippen LogP contribution in [0.25, 0.3) is 10.8 Å². The van der Waals surface area contributed by atoms with Crippen LogP contribution >= 0.6 is 0 Å². The van der Waals surface area contributed by atoms with E-state index in [-0.39, 0.29) is 0 Å². The van der Waals surface area contributed by atoms with Crippen molar-refractivity contribution in [3.05, 3.63) is 107 Å². The van der Waals surface area contributed by atoms with Crippen LogP contribution in [0, 0.1) is 0 Å². The summed E-state index contributed by atoms with van der Waals surface area (Å²) in [4.78, 5) is 4.72. The second kappa shape index (κ2) is 8.27. The van der Waals surface area contributed by atoms with Gasteiger partial charge >= 0.3 is 0 Å².